The van der Waals surface area contributed by atoms with Crippen molar-refractivity contribution >= 4 is 27.5 Å². The van der Waals surface area contributed by atoms with Crippen molar-refractivity contribution in [3.05, 3.63) is 69.6 Å². The van der Waals surface area contributed by atoms with Crippen LogP contribution in [0.15, 0.2) is 47.2 Å². The van der Waals surface area contributed by atoms with Crippen LogP contribution in [0.1, 0.15) is 27.2 Å². The van der Waals surface area contributed by atoms with Crippen molar-refractivity contribution in [2.24, 2.45) is 0 Å². The van der Waals surface area contributed by atoms with Gasteiger partial charge in [-0.1, -0.05) is 24.3 Å². The number of nitrogens with zero attached hydrogens (tertiary/aromatic N) is 3. The molecule has 122 valence electrons. The van der Waals surface area contributed by atoms with Crippen molar-refractivity contribution in [1.82, 2.24) is 14.3 Å². The number of hydrogen-bond acceptors (Lipinski definition) is 4. The monoisotopic (exact) mass is 385 g/mol. The Morgan fingerprint density at radius 2 is 2.08 bits per heavy atom. The smallest absolute Gasteiger partial charge is 0.358 e. The van der Waals surface area contributed by atoms with E-state index in [1.54, 1.807) is 6.20 Å². The van der Waals surface area contributed by atoms with Crippen LogP contribution < -0.4 is 0 Å². The molecule has 1 aliphatic rings. The van der Waals surface area contributed by atoms with Crippen molar-refractivity contribution < 1.29 is 9.53 Å². The summed E-state index contributed by atoms with van der Waals surface area (Å²) in [4.78, 5) is 18.8. The van der Waals surface area contributed by atoms with Crippen molar-refractivity contribution in [2.45, 2.75) is 19.7 Å². The van der Waals surface area contributed by atoms with Gasteiger partial charge in [-0.25, -0.2) is 9.78 Å². The number of pyridine rings is 1. The van der Waals surface area contributed by atoms with E-state index in [2.05, 4.69) is 45.0 Å². The van der Waals surface area contributed by atoms with Crippen LogP contribution in [-0.4, -0.2) is 27.3 Å². The Balaban J connectivity index is 1.48. The fourth-order valence-electron chi connectivity index (χ4n) is 3.01. The van der Waals surface area contributed by atoms with Gasteiger partial charge < -0.3 is 4.74 Å². The van der Waals surface area contributed by atoms with Crippen LogP contribution in [-0.2, 0) is 24.4 Å². The quantitative estimate of drug-likeness (QED) is 0.512. The van der Waals surface area contributed by atoms with E-state index in [-0.39, 0.29) is 6.61 Å². The summed E-state index contributed by atoms with van der Waals surface area (Å²) < 4.78 is 8.08. The van der Waals surface area contributed by atoms with E-state index in [0.717, 1.165) is 23.3 Å². The number of rotatable bonds is 3. The fraction of sp³-hybridized carbons (Fsp3) is 0.222. The van der Waals surface area contributed by atoms with Crippen LogP contribution >= 0.6 is 15.9 Å². The Morgan fingerprint density at radius 3 is 2.92 bits per heavy atom. The van der Waals surface area contributed by atoms with Gasteiger partial charge in [0.2, 0.25) is 0 Å². The minimum Gasteiger partial charge on any atom is -0.456 e. The van der Waals surface area contributed by atoms with Gasteiger partial charge in [0.05, 0.1) is 4.60 Å². The molecule has 1 aromatic carbocycles. The number of imidazole rings is 1. The van der Waals surface area contributed by atoms with E-state index in [0.29, 0.717) is 11.3 Å². The molecular formula is C18H16BrN3O2. The standard InChI is InChI=1S/C18H16BrN3O2/c1-21-8-13-6-5-12(7-14(13)9-21)11-24-18(23)15-10-22-16(19)3-2-4-17(22)20-15/h2-7,10H,8-9,11H2,1H3. The Labute approximate surface area is 148 Å². The molecule has 6 heteroatoms. The zero-order chi connectivity index (χ0) is 16.7. The summed E-state index contributed by atoms with van der Waals surface area (Å²) in [7, 11) is 2.10. The summed E-state index contributed by atoms with van der Waals surface area (Å²) in [5.74, 6) is -0.414. The minimum atomic E-state index is -0.414. The molecule has 3 aromatic rings. The number of benzene rings is 1. The van der Waals surface area contributed by atoms with Crippen LogP contribution in [0.5, 0.6) is 0 Å². The van der Waals surface area contributed by atoms with E-state index < -0.39 is 5.97 Å². The van der Waals surface area contributed by atoms with Gasteiger partial charge in [-0.05, 0) is 51.8 Å². The lowest BCUT2D eigenvalue weighted by Crippen LogP contribution is -2.07. The first-order chi connectivity index (χ1) is 11.6. The Hall–Kier alpha value is -2.18. The number of halogens is 1. The molecule has 0 unspecified atom stereocenters. The largest absolute Gasteiger partial charge is 0.456 e. The summed E-state index contributed by atoms with van der Waals surface area (Å²) in [5, 5.41) is 0. The summed E-state index contributed by atoms with van der Waals surface area (Å²) in [5.41, 5.74) is 4.67. The normalized spacial score (nSPS) is 14.1. The average Bonchev–Trinajstić information content (AvgIpc) is 3.15. The second-order valence-corrected chi connectivity index (χ2v) is 6.87. The zero-order valence-electron chi connectivity index (χ0n) is 13.2. The maximum atomic E-state index is 12.3. The van der Waals surface area contributed by atoms with Crippen molar-refractivity contribution in [3.8, 4) is 0 Å². The molecular weight excluding hydrogens is 370 g/mol. The lowest BCUT2D eigenvalue weighted by molar-refractivity contribution is 0.0466. The van der Waals surface area contributed by atoms with Crippen LogP contribution in [0, 0.1) is 0 Å². The van der Waals surface area contributed by atoms with Gasteiger partial charge in [0.1, 0.15) is 12.3 Å². The van der Waals surface area contributed by atoms with E-state index in [4.69, 9.17) is 4.74 Å². The molecule has 24 heavy (non-hydrogen) atoms. The highest BCUT2D eigenvalue weighted by atomic mass is 79.9. The molecule has 3 heterocycles. The molecule has 0 saturated heterocycles. The third kappa shape index (κ3) is 2.83. The third-order valence-electron chi connectivity index (χ3n) is 4.17. The van der Waals surface area contributed by atoms with Crippen molar-refractivity contribution in [1.29, 1.82) is 0 Å². The molecule has 0 bridgehead atoms. The maximum absolute atomic E-state index is 12.3. The van der Waals surface area contributed by atoms with Crippen LogP contribution in [0.3, 0.4) is 0 Å². The van der Waals surface area contributed by atoms with E-state index in [1.165, 1.54) is 11.1 Å². The average molecular weight is 386 g/mol. The number of carbonyl (C=O) groups is 1. The van der Waals surface area contributed by atoms with Crippen LogP contribution in [0.4, 0.5) is 0 Å². The topological polar surface area (TPSA) is 46.8 Å². The summed E-state index contributed by atoms with van der Waals surface area (Å²) in [6, 6.07) is 11.9. The Bertz CT molecular complexity index is 935. The summed E-state index contributed by atoms with van der Waals surface area (Å²) >= 11 is 3.44. The number of aromatic nitrogens is 2. The molecule has 0 radical (unpaired) electrons. The lowest BCUT2D eigenvalue weighted by atomic mass is 10.1. The molecule has 0 fully saturated rings. The van der Waals surface area contributed by atoms with E-state index >= 15 is 0 Å². The number of esters is 1. The van der Waals surface area contributed by atoms with Crippen LogP contribution in [0.2, 0.25) is 0 Å². The van der Waals surface area contributed by atoms with E-state index in [1.807, 2.05) is 28.7 Å². The lowest BCUT2D eigenvalue weighted by Gasteiger charge is -2.05. The first kappa shape index (κ1) is 15.4. The molecule has 0 amide bonds. The Kier molecular flexibility index (Phi) is 3.86. The highest BCUT2D eigenvalue weighted by molar-refractivity contribution is 9.10. The maximum Gasteiger partial charge on any atom is 0.358 e. The van der Waals surface area contributed by atoms with Gasteiger partial charge in [-0.2, -0.15) is 0 Å². The summed E-state index contributed by atoms with van der Waals surface area (Å²) in [6.07, 6.45) is 1.68. The summed E-state index contributed by atoms with van der Waals surface area (Å²) in [6.45, 7) is 2.17. The molecule has 4 rings (SSSR count). The minimum absolute atomic E-state index is 0.255. The predicted molar refractivity (Wildman–Crippen MR) is 93.6 cm³/mol. The van der Waals surface area contributed by atoms with Gasteiger partial charge in [-0.3, -0.25) is 9.30 Å². The molecule has 1 aliphatic heterocycles. The third-order valence-corrected chi connectivity index (χ3v) is 4.82. The van der Waals surface area contributed by atoms with Gasteiger partial charge in [0.25, 0.3) is 0 Å². The molecule has 2 aromatic heterocycles. The van der Waals surface area contributed by atoms with Gasteiger partial charge >= 0.3 is 5.97 Å². The predicted octanol–water partition coefficient (Wildman–Crippen LogP) is 3.40. The fourth-order valence-corrected chi connectivity index (χ4v) is 3.44. The molecule has 0 spiro atoms. The second-order valence-electron chi connectivity index (χ2n) is 6.05. The van der Waals surface area contributed by atoms with Crippen LogP contribution in [0.25, 0.3) is 5.65 Å². The molecule has 0 aliphatic carbocycles. The second kappa shape index (κ2) is 6.03. The first-order valence-corrected chi connectivity index (χ1v) is 8.49. The first-order valence-electron chi connectivity index (χ1n) is 7.70. The van der Waals surface area contributed by atoms with Gasteiger partial charge in [0, 0.05) is 19.3 Å². The number of ether oxygens (including phenoxy) is 1. The highest BCUT2D eigenvalue weighted by Gasteiger charge is 2.17. The zero-order valence-corrected chi connectivity index (χ0v) is 14.8. The van der Waals surface area contributed by atoms with E-state index in [9.17, 15) is 4.79 Å². The van der Waals surface area contributed by atoms with Gasteiger partial charge in [0.15, 0.2) is 5.69 Å². The highest BCUT2D eigenvalue weighted by Crippen LogP contribution is 2.23. The molecule has 0 saturated carbocycles. The number of hydrogen-bond donors (Lipinski definition) is 0. The molecule has 0 atom stereocenters. The van der Waals surface area contributed by atoms with Crippen molar-refractivity contribution in [3.63, 3.8) is 0 Å². The Morgan fingerprint density at radius 1 is 1.25 bits per heavy atom. The molecule has 5 nitrogen and oxygen atoms in total. The van der Waals surface area contributed by atoms with Gasteiger partial charge in [-0.15, -0.1) is 0 Å². The number of fused-ring (bicyclic) bond motifs is 2. The van der Waals surface area contributed by atoms with Crippen molar-refractivity contribution in [2.75, 3.05) is 7.05 Å². The SMILES string of the molecule is CN1Cc2ccc(COC(=O)c3cn4c(Br)cccc4n3)cc2C1. The number of carbonyl (C=O) groups excluding carboxylic acids is 1. The molecule has 0 N–H and O–H groups in total.